The van der Waals surface area contributed by atoms with Crippen LogP contribution in [0.25, 0.3) is 85.9 Å². The zero-order chi connectivity index (χ0) is 50.2. The molecule has 10 aromatic rings. The van der Waals surface area contributed by atoms with E-state index in [1.807, 2.05) is 12.4 Å². The molecule has 0 aliphatic carbocycles. The van der Waals surface area contributed by atoms with Gasteiger partial charge in [-0.05, 0) is 128 Å². The lowest BCUT2D eigenvalue weighted by Crippen LogP contribution is -2.15. The molecule has 366 valence electrons. The van der Waals surface area contributed by atoms with Gasteiger partial charge in [-0.2, -0.15) is 0 Å². The van der Waals surface area contributed by atoms with Gasteiger partial charge in [0, 0.05) is 33.9 Å². The predicted octanol–water partition coefficient (Wildman–Crippen LogP) is 16.5. The van der Waals surface area contributed by atoms with Crippen molar-refractivity contribution in [2.45, 2.75) is 105 Å². The molecule has 0 unspecified atom stereocenters. The summed E-state index contributed by atoms with van der Waals surface area (Å²) in [6.07, 6.45) is 3.74. The lowest BCUT2D eigenvalue weighted by atomic mass is 9.85. The van der Waals surface area contributed by atoms with Gasteiger partial charge in [-0.25, -0.2) is 0 Å². The summed E-state index contributed by atoms with van der Waals surface area (Å²) in [6.45, 7) is 29.2. The molecule has 4 aromatic carbocycles. The van der Waals surface area contributed by atoms with Crippen molar-refractivity contribution in [2.24, 2.45) is 0 Å². The second kappa shape index (κ2) is 16.5. The van der Waals surface area contributed by atoms with Crippen LogP contribution in [-0.4, -0.2) is 45.5 Å². The van der Waals surface area contributed by atoms with Gasteiger partial charge < -0.3 is 18.9 Å². The lowest BCUT2D eigenvalue weighted by molar-refractivity contribution is 0.174. The number of thiophene rings is 2. The number of aromatic nitrogens is 4. The third kappa shape index (κ3) is 7.66. The highest BCUT2D eigenvalue weighted by atomic mass is 32.1. The number of rotatable bonds is 5. The van der Waals surface area contributed by atoms with Crippen LogP contribution in [0.1, 0.15) is 105 Å². The normalized spacial score (nSPS) is 14.3. The van der Waals surface area contributed by atoms with Crippen LogP contribution < -0.4 is 18.9 Å². The van der Waals surface area contributed by atoms with Crippen molar-refractivity contribution in [3.63, 3.8) is 0 Å². The van der Waals surface area contributed by atoms with Crippen LogP contribution >= 0.6 is 22.7 Å². The summed E-state index contributed by atoms with van der Waals surface area (Å²) in [4.78, 5) is 11.9. The van der Waals surface area contributed by atoms with Gasteiger partial charge in [-0.15, -0.1) is 22.7 Å². The molecule has 10 heteroatoms. The average Bonchev–Trinajstić information content (AvgIpc) is 4.10. The fourth-order valence-electron chi connectivity index (χ4n) is 10.3. The largest absolute Gasteiger partial charge is 0.485 e. The summed E-state index contributed by atoms with van der Waals surface area (Å²) < 4.78 is 31.0. The Morgan fingerprint density at radius 2 is 0.667 bits per heavy atom. The zero-order valence-electron chi connectivity index (χ0n) is 43.5. The highest BCUT2D eigenvalue weighted by Crippen LogP contribution is 2.55. The molecule has 12 rings (SSSR count). The third-order valence-corrected chi connectivity index (χ3v) is 16.8. The van der Waals surface area contributed by atoms with Crippen LogP contribution in [-0.2, 0) is 21.7 Å². The highest BCUT2D eigenvalue weighted by molar-refractivity contribution is 7.19. The number of benzene rings is 4. The standard InChI is InChI=1S/C62H62N4O4S2/c1-59(2,3)37-13-17-47-41(31-37)42-32-38(60(4,5)6)14-18-48(42)65(47)57-53-51(67-25-27-69-53)55(71-57)35-21-23-63-45(29-35)46-30-36(22-24-64-46)56-52-54(70-28-26-68-52)58(72-56)66-49-19-15-39(61(7,8)9)33-43(49)44-34-40(62(10,11)12)16-20-50(44)66/h13-24,29-34H,25-28H2,1-12H3. The molecule has 72 heavy (non-hydrogen) atoms. The van der Waals surface area contributed by atoms with Gasteiger partial charge >= 0.3 is 0 Å². The molecule has 0 amide bonds. The Labute approximate surface area is 430 Å². The third-order valence-electron chi connectivity index (χ3n) is 14.5. The van der Waals surface area contributed by atoms with Crippen LogP contribution in [0.3, 0.4) is 0 Å². The Bertz CT molecular complexity index is 3430. The smallest absolute Gasteiger partial charge is 0.197 e. The molecule has 0 bridgehead atoms. The fraction of sp³-hybridized carbons (Fsp3) is 0.323. The minimum absolute atomic E-state index is 0.000326. The molecular formula is C62H62N4O4S2. The second-order valence-electron chi connectivity index (χ2n) is 23.6. The van der Waals surface area contributed by atoms with Crippen molar-refractivity contribution in [3.8, 4) is 65.3 Å². The van der Waals surface area contributed by atoms with Crippen molar-refractivity contribution in [3.05, 3.63) is 132 Å². The van der Waals surface area contributed by atoms with E-state index in [9.17, 15) is 0 Å². The van der Waals surface area contributed by atoms with Gasteiger partial charge in [0.25, 0.3) is 0 Å². The first kappa shape index (κ1) is 46.5. The Morgan fingerprint density at radius 1 is 0.375 bits per heavy atom. The highest BCUT2D eigenvalue weighted by Gasteiger charge is 2.32. The van der Waals surface area contributed by atoms with Crippen LogP contribution in [0, 0.1) is 0 Å². The fourth-order valence-corrected chi connectivity index (χ4v) is 12.7. The van der Waals surface area contributed by atoms with E-state index in [-0.39, 0.29) is 21.7 Å². The van der Waals surface area contributed by atoms with Crippen molar-refractivity contribution in [1.29, 1.82) is 0 Å². The van der Waals surface area contributed by atoms with Crippen molar-refractivity contribution in [2.75, 3.05) is 26.4 Å². The Hall–Kier alpha value is -6.62. The van der Waals surface area contributed by atoms with Gasteiger partial charge in [-0.1, -0.05) is 107 Å². The minimum Gasteiger partial charge on any atom is -0.485 e. The summed E-state index contributed by atoms with van der Waals surface area (Å²) in [5.41, 5.74) is 13.3. The molecule has 6 aromatic heterocycles. The molecule has 2 aliphatic rings. The molecule has 8 nitrogen and oxygen atoms in total. The van der Waals surface area contributed by atoms with Crippen LogP contribution in [0.4, 0.5) is 0 Å². The van der Waals surface area contributed by atoms with Crippen LogP contribution in [0.5, 0.6) is 23.0 Å². The Balaban J connectivity index is 0.970. The molecule has 0 saturated heterocycles. The number of hydrogen-bond acceptors (Lipinski definition) is 8. The molecule has 0 spiro atoms. The van der Waals surface area contributed by atoms with Gasteiger partial charge in [0.2, 0.25) is 0 Å². The topological polar surface area (TPSA) is 72.6 Å². The minimum atomic E-state index is -0.000326. The predicted molar refractivity (Wildman–Crippen MR) is 300 cm³/mol. The molecule has 0 atom stereocenters. The van der Waals surface area contributed by atoms with E-state index < -0.39 is 0 Å². The van der Waals surface area contributed by atoms with Gasteiger partial charge in [0.1, 0.15) is 36.4 Å². The maximum absolute atomic E-state index is 6.59. The molecule has 8 heterocycles. The van der Waals surface area contributed by atoms with E-state index in [1.54, 1.807) is 22.7 Å². The van der Waals surface area contributed by atoms with Gasteiger partial charge in [0.15, 0.2) is 23.0 Å². The molecule has 0 fully saturated rings. The van der Waals surface area contributed by atoms with Crippen molar-refractivity contribution < 1.29 is 18.9 Å². The van der Waals surface area contributed by atoms with Gasteiger partial charge in [-0.3, -0.25) is 19.1 Å². The first-order valence-corrected chi connectivity index (χ1v) is 26.8. The van der Waals surface area contributed by atoms with E-state index in [4.69, 9.17) is 28.9 Å². The Morgan fingerprint density at radius 3 is 0.958 bits per heavy atom. The monoisotopic (exact) mass is 990 g/mol. The molecule has 0 radical (unpaired) electrons. The van der Waals surface area contributed by atoms with E-state index >= 15 is 0 Å². The van der Waals surface area contributed by atoms with Crippen molar-refractivity contribution in [1.82, 2.24) is 19.1 Å². The summed E-state index contributed by atoms with van der Waals surface area (Å²) in [6, 6.07) is 36.1. The molecular weight excluding hydrogens is 929 g/mol. The summed E-state index contributed by atoms with van der Waals surface area (Å²) in [5.74, 6) is 3.06. The number of nitrogens with zero attached hydrogens (tertiary/aromatic N) is 4. The average molecular weight is 991 g/mol. The molecule has 2 aliphatic heterocycles. The first-order chi connectivity index (χ1) is 34.2. The number of ether oxygens (including phenoxy) is 4. The number of hydrogen-bond donors (Lipinski definition) is 0. The SMILES string of the molecule is CC(C)(C)c1ccc2c(c1)c1cc(C(C)(C)C)ccc1n2-c1sc(-c2ccnc(-c3cc(-c4sc(-n5c6ccc(C(C)(C)C)cc6c6cc(C(C)(C)C)ccc65)c5c4OCCO5)ccn3)c2)c2c1OCCO2. The summed E-state index contributed by atoms with van der Waals surface area (Å²) in [7, 11) is 0. The number of pyridine rings is 2. The lowest BCUT2D eigenvalue weighted by Gasteiger charge is -2.19. The zero-order valence-corrected chi connectivity index (χ0v) is 45.1. The number of fused-ring (bicyclic) bond motifs is 8. The Kier molecular flexibility index (Phi) is 10.6. The maximum atomic E-state index is 6.59. The maximum Gasteiger partial charge on any atom is 0.197 e. The van der Waals surface area contributed by atoms with E-state index in [0.717, 1.165) is 87.3 Å². The van der Waals surface area contributed by atoms with Crippen LogP contribution in [0.15, 0.2) is 109 Å². The molecule has 0 saturated carbocycles. The first-order valence-electron chi connectivity index (χ1n) is 25.2. The van der Waals surface area contributed by atoms with E-state index in [0.29, 0.717) is 26.4 Å². The molecule has 0 N–H and O–H groups in total. The quantitative estimate of drug-likeness (QED) is 0.171. The van der Waals surface area contributed by atoms with Crippen LogP contribution in [0.2, 0.25) is 0 Å². The van der Waals surface area contributed by atoms with E-state index in [2.05, 4.69) is 189 Å². The summed E-state index contributed by atoms with van der Waals surface area (Å²) >= 11 is 3.39. The summed E-state index contributed by atoms with van der Waals surface area (Å²) in [5, 5.41) is 6.93. The van der Waals surface area contributed by atoms with Gasteiger partial charge in [0.05, 0.1) is 43.2 Å². The second-order valence-corrected chi connectivity index (χ2v) is 25.6. The van der Waals surface area contributed by atoms with Crippen molar-refractivity contribution >= 4 is 66.3 Å². The van der Waals surface area contributed by atoms with E-state index in [1.165, 1.54) is 43.8 Å².